The van der Waals surface area contributed by atoms with Gasteiger partial charge in [0.25, 0.3) is 0 Å². The van der Waals surface area contributed by atoms with Gasteiger partial charge in [-0.2, -0.15) is 0 Å². The number of rotatable bonds is 5. The molecule has 0 saturated carbocycles. The highest BCUT2D eigenvalue weighted by atomic mass is 15.1. The first kappa shape index (κ1) is 39.6. The Bertz CT molecular complexity index is 2300. The maximum Gasteiger partial charge on any atom is 0.0464 e. The summed E-state index contributed by atoms with van der Waals surface area (Å²) in [5.74, 6) is 0. The largest absolute Gasteiger partial charge is 0.311 e. The number of hydrogen-bond donors (Lipinski definition) is 0. The molecule has 2 aliphatic rings. The van der Waals surface area contributed by atoms with E-state index in [2.05, 4.69) is 229 Å². The summed E-state index contributed by atoms with van der Waals surface area (Å²) >= 11 is 0. The highest BCUT2D eigenvalue weighted by molar-refractivity contribution is 5.85. The molecule has 7 rings (SSSR count). The minimum atomic E-state index is -0.329. The van der Waals surface area contributed by atoms with Gasteiger partial charge >= 0.3 is 0 Å². The number of fused-ring (bicyclic) bond motifs is 3. The average Bonchev–Trinajstić information content (AvgIpc) is 3.36. The van der Waals surface area contributed by atoms with Crippen LogP contribution in [0.3, 0.4) is 0 Å². The molecule has 0 saturated heterocycles. The Hall–Kier alpha value is -4.62. The fraction of sp³-hybridized carbons (Fsp3) is 0.382. The number of hydrogen-bond acceptors (Lipinski definition) is 1. The molecule has 0 aromatic heterocycles. The van der Waals surface area contributed by atoms with Gasteiger partial charge in [-0.3, -0.25) is 0 Å². The van der Waals surface area contributed by atoms with Crippen LogP contribution in [0.1, 0.15) is 142 Å². The molecule has 0 radical (unpaired) electrons. The molecule has 0 amide bonds. The van der Waals surface area contributed by atoms with Crippen LogP contribution in [-0.4, -0.2) is 0 Å². The van der Waals surface area contributed by atoms with E-state index in [4.69, 9.17) is 0 Å². The molecule has 1 unspecified atom stereocenters. The molecule has 0 fully saturated rings. The van der Waals surface area contributed by atoms with E-state index in [9.17, 15) is 0 Å². The lowest BCUT2D eigenvalue weighted by Crippen LogP contribution is -2.42. The van der Waals surface area contributed by atoms with Crippen molar-refractivity contribution < 1.29 is 0 Å². The van der Waals surface area contributed by atoms with Crippen molar-refractivity contribution in [3.05, 3.63) is 172 Å². The predicted molar refractivity (Wildman–Crippen MR) is 243 cm³/mol. The Morgan fingerprint density at radius 2 is 1.09 bits per heavy atom. The summed E-state index contributed by atoms with van der Waals surface area (Å²) in [5.41, 5.74) is 16.7. The molecule has 2 aliphatic carbocycles. The summed E-state index contributed by atoms with van der Waals surface area (Å²) in [6.45, 7) is 33.3. The Morgan fingerprint density at radius 1 is 0.500 bits per heavy atom. The lowest BCUT2D eigenvalue weighted by molar-refractivity contribution is 0.238. The fourth-order valence-corrected chi connectivity index (χ4v) is 9.08. The second-order valence-corrected chi connectivity index (χ2v) is 21.3. The molecule has 5 aromatic carbocycles. The van der Waals surface area contributed by atoms with Crippen molar-refractivity contribution in [2.24, 2.45) is 5.41 Å². The zero-order valence-corrected chi connectivity index (χ0v) is 36.8. The van der Waals surface area contributed by atoms with Gasteiger partial charge in [0.2, 0.25) is 0 Å². The smallest absolute Gasteiger partial charge is 0.0464 e. The number of nitrogens with zero attached hydrogens (tertiary/aromatic N) is 1. The zero-order chi connectivity index (χ0) is 40.6. The maximum absolute atomic E-state index is 2.65. The van der Waals surface area contributed by atoms with Gasteiger partial charge in [0.05, 0.1) is 0 Å². The Kier molecular flexibility index (Phi) is 9.55. The van der Waals surface area contributed by atoms with Crippen LogP contribution < -0.4 is 4.90 Å². The quantitative estimate of drug-likeness (QED) is 0.173. The van der Waals surface area contributed by atoms with Crippen LogP contribution in [0.15, 0.2) is 133 Å². The molecule has 0 heterocycles. The van der Waals surface area contributed by atoms with Crippen LogP contribution in [-0.2, 0) is 27.1 Å². The van der Waals surface area contributed by atoms with E-state index < -0.39 is 0 Å². The third-order valence-electron chi connectivity index (χ3n) is 12.9. The summed E-state index contributed by atoms with van der Waals surface area (Å²) in [6, 6.07) is 44.1. The van der Waals surface area contributed by atoms with E-state index in [1.165, 1.54) is 67.0 Å². The molecule has 1 nitrogen and oxygen atoms in total. The Labute approximate surface area is 339 Å². The minimum Gasteiger partial charge on any atom is -0.311 e. The molecule has 0 aliphatic heterocycles. The molecule has 5 aromatic rings. The number of benzene rings is 5. The van der Waals surface area contributed by atoms with E-state index in [0.717, 1.165) is 12.1 Å². The molecule has 0 N–H and O–H groups in total. The van der Waals surface area contributed by atoms with Crippen LogP contribution in [0, 0.1) is 5.41 Å². The standard InChI is InChI=1S/C55H65N/c1-50(2,3)39-22-20-21-37(29-39)38-30-45(36-55(35-38,53(10,11)12)42-32-40(51(4,5)6)31-41(33-42)52(7,8)9)56(43-23-16-15-17-24-43)44-27-28-47-46-25-18-19-26-48(46)54(13,14)49(47)34-44/h15-34,36H,35H2,1-14H3. The van der Waals surface area contributed by atoms with Crippen molar-refractivity contribution in [3.8, 4) is 11.1 Å². The highest BCUT2D eigenvalue weighted by Gasteiger charge is 2.46. The summed E-state index contributed by atoms with van der Waals surface area (Å²) in [4.78, 5) is 2.53. The first-order valence-electron chi connectivity index (χ1n) is 20.8. The molecule has 290 valence electrons. The van der Waals surface area contributed by atoms with Gasteiger partial charge in [-0.05, 0) is 120 Å². The molecular formula is C55H65N. The fourth-order valence-electron chi connectivity index (χ4n) is 9.08. The van der Waals surface area contributed by atoms with Gasteiger partial charge in [0.15, 0.2) is 0 Å². The van der Waals surface area contributed by atoms with Crippen molar-refractivity contribution in [2.45, 2.75) is 130 Å². The highest BCUT2D eigenvalue weighted by Crippen LogP contribution is 2.55. The Balaban J connectivity index is 1.55. The second kappa shape index (κ2) is 13.5. The van der Waals surface area contributed by atoms with E-state index >= 15 is 0 Å². The van der Waals surface area contributed by atoms with Crippen molar-refractivity contribution in [2.75, 3.05) is 4.90 Å². The number of allylic oxidation sites excluding steroid dienone is 3. The van der Waals surface area contributed by atoms with Gasteiger partial charge in [-0.15, -0.1) is 0 Å². The van der Waals surface area contributed by atoms with Gasteiger partial charge in [0, 0.05) is 27.9 Å². The zero-order valence-electron chi connectivity index (χ0n) is 36.8. The van der Waals surface area contributed by atoms with E-state index in [1.807, 2.05) is 0 Å². The normalized spacial score (nSPS) is 18.2. The first-order chi connectivity index (χ1) is 26.0. The Morgan fingerprint density at radius 3 is 1.70 bits per heavy atom. The van der Waals surface area contributed by atoms with Crippen molar-refractivity contribution in [3.63, 3.8) is 0 Å². The first-order valence-corrected chi connectivity index (χ1v) is 20.8. The molecule has 0 bridgehead atoms. The average molecular weight is 740 g/mol. The second-order valence-electron chi connectivity index (χ2n) is 21.3. The van der Waals surface area contributed by atoms with Crippen molar-refractivity contribution >= 4 is 16.9 Å². The molecule has 1 heteroatoms. The van der Waals surface area contributed by atoms with Crippen molar-refractivity contribution in [1.29, 1.82) is 0 Å². The number of para-hydroxylation sites is 1. The maximum atomic E-state index is 2.65. The third-order valence-corrected chi connectivity index (χ3v) is 12.9. The van der Waals surface area contributed by atoms with Crippen molar-refractivity contribution in [1.82, 2.24) is 0 Å². The van der Waals surface area contributed by atoms with Gasteiger partial charge in [-0.25, -0.2) is 0 Å². The van der Waals surface area contributed by atoms with Crippen LogP contribution >= 0.6 is 0 Å². The van der Waals surface area contributed by atoms with Crippen LogP contribution in [0.25, 0.3) is 16.7 Å². The lowest BCUT2D eigenvalue weighted by atomic mass is 9.56. The summed E-state index contributed by atoms with van der Waals surface area (Å²) in [5, 5.41) is 0. The van der Waals surface area contributed by atoms with E-state index in [0.29, 0.717) is 0 Å². The summed E-state index contributed by atoms with van der Waals surface area (Å²) in [6.07, 6.45) is 6.06. The lowest BCUT2D eigenvalue weighted by Gasteiger charge is -2.48. The topological polar surface area (TPSA) is 3.24 Å². The van der Waals surface area contributed by atoms with Crippen LogP contribution in [0.5, 0.6) is 0 Å². The van der Waals surface area contributed by atoms with Crippen LogP contribution in [0.2, 0.25) is 0 Å². The van der Waals surface area contributed by atoms with Crippen LogP contribution in [0.4, 0.5) is 11.4 Å². The molecule has 56 heavy (non-hydrogen) atoms. The summed E-state index contributed by atoms with van der Waals surface area (Å²) < 4.78 is 0. The minimum absolute atomic E-state index is 0.000869. The molecule has 1 atom stereocenters. The third kappa shape index (κ3) is 7.01. The molecular weight excluding hydrogens is 675 g/mol. The SMILES string of the molecule is CC(C)(C)c1cccc(C2=CC(N(c3ccccc3)c3ccc4c(c3)C(C)(C)c3ccccc3-4)=CC(c3cc(C(C)(C)C)cc(C(C)(C)C)c3)(C(C)(C)C)C2)c1. The van der Waals surface area contributed by atoms with E-state index in [1.54, 1.807) is 0 Å². The summed E-state index contributed by atoms with van der Waals surface area (Å²) in [7, 11) is 0. The van der Waals surface area contributed by atoms with Gasteiger partial charge < -0.3 is 4.90 Å². The monoisotopic (exact) mass is 740 g/mol. The van der Waals surface area contributed by atoms with Gasteiger partial charge in [-0.1, -0.05) is 188 Å². The van der Waals surface area contributed by atoms with Gasteiger partial charge in [0.1, 0.15) is 0 Å². The predicted octanol–water partition coefficient (Wildman–Crippen LogP) is 15.4. The number of anilines is 2. The van der Waals surface area contributed by atoms with E-state index in [-0.39, 0.29) is 32.5 Å². The molecule has 0 spiro atoms.